The highest BCUT2D eigenvalue weighted by molar-refractivity contribution is 5.97. The Labute approximate surface area is 98.7 Å². The van der Waals surface area contributed by atoms with E-state index in [0.717, 1.165) is 10.9 Å². The molecule has 0 aliphatic carbocycles. The largest absolute Gasteiger partial charge is 0.349 e. The van der Waals surface area contributed by atoms with Gasteiger partial charge in [0.2, 0.25) is 0 Å². The minimum absolute atomic E-state index is 0.108. The number of carbonyl (C=O) groups excluding carboxylic acids is 1. The number of hydrogen-bond acceptors (Lipinski definition) is 3. The van der Waals surface area contributed by atoms with E-state index in [1.807, 2.05) is 12.1 Å². The zero-order valence-electron chi connectivity index (χ0n) is 9.31. The summed E-state index contributed by atoms with van der Waals surface area (Å²) in [6, 6.07) is 5.42. The van der Waals surface area contributed by atoms with Gasteiger partial charge in [-0.15, -0.1) is 0 Å². The standard InChI is InChI=1S/C12H14N4O/c13-5-1-2-6-14-12(17)9-3-4-10-8-15-16-11(10)7-9/h1-4,7-8H,5-6,13H2,(H,14,17)(H,15,16)/b2-1+. The summed E-state index contributed by atoms with van der Waals surface area (Å²) in [5.41, 5.74) is 6.77. The first kappa shape index (κ1) is 11.3. The Bertz CT molecular complexity index is 544. The molecule has 0 aliphatic heterocycles. The number of nitrogens with zero attached hydrogens (tertiary/aromatic N) is 1. The van der Waals surface area contributed by atoms with E-state index in [1.165, 1.54) is 0 Å². The van der Waals surface area contributed by atoms with E-state index < -0.39 is 0 Å². The molecule has 5 nitrogen and oxygen atoms in total. The maximum absolute atomic E-state index is 11.8. The monoisotopic (exact) mass is 230 g/mol. The molecule has 1 heterocycles. The zero-order chi connectivity index (χ0) is 12.1. The number of aromatic amines is 1. The highest BCUT2D eigenvalue weighted by Crippen LogP contribution is 2.12. The van der Waals surface area contributed by atoms with E-state index in [9.17, 15) is 4.79 Å². The van der Waals surface area contributed by atoms with Gasteiger partial charge >= 0.3 is 0 Å². The van der Waals surface area contributed by atoms with Crippen molar-refractivity contribution in [3.8, 4) is 0 Å². The molecule has 2 aromatic rings. The van der Waals surface area contributed by atoms with Gasteiger partial charge < -0.3 is 11.1 Å². The van der Waals surface area contributed by atoms with Crippen LogP contribution in [0.1, 0.15) is 10.4 Å². The second-order valence-electron chi connectivity index (χ2n) is 3.59. The van der Waals surface area contributed by atoms with E-state index in [0.29, 0.717) is 18.7 Å². The van der Waals surface area contributed by atoms with Crippen molar-refractivity contribution in [2.75, 3.05) is 13.1 Å². The van der Waals surface area contributed by atoms with E-state index in [1.54, 1.807) is 24.4 Å². The van der Waals surface area contributed by atoms with Gasteiger partial charge in [-0.05, 0) is 12.1 Å². The maximum atomic E-state index is 11.8. The first-order chi connectivity index (χ1) is 8.31. The van der Waals surface area contributed by atoms with Crippen LogP contribution in [0.4, 0.5) is 0 Å². The summed E-state index contributed by atoms with van der Waals surface area (Å²) in [7, 11) is 0. The fraction of sp³-hybridized carbons (Fsp3) is 0.167. The van der Waals surface area contributed by atoms with Crippen molar-refractivity contribution in [1.29, 1.82) is 0 Å². The van der Waals surface area contributed by atoms with E-state index in [2.05, 4.69) is 15.5 Å². The number of amides is 1. The molecule has 0 radical (unpaired) electrons. The molecular formula is C12H14N4O. The summed E-state index contributed by atoms with van der Waals surface area (Å²) in [5, 5.41) is 10.5. The zero-order valence-corrected chi connectivity index (χ0v) is 9.31. The third-order valence-electron chi connectivity index (χ3n) is 2.39. The van der Waals surface area contributed by atoms with Gasteiger partial charge in [-0.25, -0.2) is 0 Å². The van der Waals surface area contributed by atoms with Crippen molar-refractivity contribution in [3.63, 3.8) is 0 Å². The molecule has 0 atom stereocenters. The number of nitrogens with two attached hydrogens (primary N) is 1. The Balaban J connectivity index is 2.05. The minimum Gasteiger partial charge on any atom is -0.349 e. The fourth-order valence-corrected chi connectivity index (χ4v) is 1.51. The number of nitrogens with one attached hydrogen (secondary N) is 2. The van der Waals surface area contributed by atoms with Crippen LogP contribution in [-0.4, -0.2) is 29.2 Å². The van der Waals surface area contributed by atoms with Gasteiger partial charge in [-0.2, -0.15) is 5.10 Å². The molecule has 0 unspecified atom stereocenters. The van der Waals surface area contributed by atoms with Crippen LogP contribution >= 0.6 is 0 Å². The van der Waals surface area contributed by atoms with Crippen molar-refractivity contribution in [2.45, 2.75) is 0 Å². The van der Waals surface area contributed by atoms with Crippen LogP contribution in [0.15, 0.2) is 36.5 Å². The molecule has 0 spiro atoms. The average Bonchev–Trinajstić information content (AvgIpc) is 2.81. The summed E-state index contributed by atoms with van der Waals surface area (Å²) < 4.78 is 0. The summed E-state index contributed by atoms with van der Waals surface area (Å²) in [5.74, 6) is -0.108. The Morgan fingerprint density at radius 2 is 2.35 bits per heavy atom. The fourth-order valence-electron chi connectivity index (χ4n) is 1.51. The lowest BCUT2D eigenvalue weighted by Crippen LogP contribution is -2.23. The van der Waals surface area contributed by atoms with Crippen LogP contribution in [0, 0.1) is 0 Å². The third kappa shape index (κ3) is 2.70. The molecule has 88 valence electrons. The predicted molar refractivity (Wildman–Crippen MR) is 66.6 cm³/mol. The van der Waals surface area contributed by atoms with E-state index >= 15 is 0 Å². The Hall–Kier alpha value is -2.14. The maximum Gasteiger partial charge on any atom is 0.251 e. The quantitative estimate of drug-likeness (QED) is 0.679. The smallest absolute Gasteiger partial charge is 0.251 e. The van der Waals surface area contributed by atoms with Gasteiger partial charge in [-0.1, -0.05) is 18.2 Å². The predicted octanol–water partition coefficient (Wildman–Crippen LogP) is 0.808. The van der Waals surface area contributed by atoms with Crippen molar-refractivity contribution in [1.82, 2.24) is 15.5 Å². The molecule has 4 N–H and O–H groups in total. The number of H-pyrrole nitrogens is 1. The van der Waals surface area contributed by atoms with Crippen LogP contribution in [0.5, 0.6) is 0 Å². The molecule has 0 bridgehead atoms. The summed E-state index contributed by atoms with van der Waals surface area (Å²) in [4.78, 5) is 11.8. The number of aromatic nitrogens is 2. The van der Waals surface area contributed by atoms with Crippen LogP contribution in [0.25, 0.3) is 10.9 Å². The average molecular weight is 230 g/mol. The third-order valence-corrected chi connectivity index (χ3v) is 2.39. The molecular weight excluding hydrogens is 216 g/mol. The van der Waals surface area contributed by atoms with Gasteiger partial charge in [0.25, 0.3) is 5.91 Å². The minimum atomic E-state index is -0.108. The van der Waals surface area contributed by atoms with Crippen LogP contribution in [0.2, 0.25) is 0 Å². The van der Waals surface area contributed by atoms with Crippen molar-refractivity contribution >= 4 is 16.8 Å². The topological polar surface area (TPSA) is 83.8 Å². The number of carbonyl (C=O) groups is 1. The highest BCUT2D eigenvalue weighted by atomic mass is 16.1. The van der Waals surface area contributed by atoms with Crippen molar-refractivity contribution in [3.05, 3.63) is 42.1 Å². The molecule has 0 saturated carbocycles. The van der Waals surface area contributed by atoms with Gasteiger partial charge in [0.1, 0.15) is 0 Å². The first-order valence-electron chi connectivity index (χ1n) is 5.37. The van der Waals surface area contributed by atoms with Gasteiger partial charge in [0.05, 0.1) is 11.7 Å². The molecule has 5 heteroatoms. The number of fused-ring (bicyclic) bond motifs is 1. The normalized spacial score (nSPS) is 11.1. The molecule has 2 rings (SSSR count). The second-order valence-corrected chi connectivity index (χ2v) is 3.59. The molecule has 0 aliphatic rings. The van der Waals surface area contributed by atoms with Crippen LogP contribution < -0.4 is 11.1 Å². The first-order valence-corrected chi connectivity index (χ1v) is 5.37. The lowest BCUT2D eigenvalue weighted by atomic mass is 10.1. The van der Waals surface area contributed by atoms with Gasteiger partial charge in [-0.3, -0.25) is 9.89 Å². The SMILES string of the molecule is NC/C=C/CNC(=O)c1ccc2cn[nH]c2c1. The summed E-state index contributed by atoms with van der Waals surface area (Å²) in [6.45, 7) is 0.965. The van der Waals surface area contributed by atoms with Gasteiger partial charge in [0, 0.05) is 24.0 Å². The van der Waals surface area contributed by atoms with Crippen molar-refractivity contribution in [2.24, 2.45) is 5.73 Å². The lowest BCUT2D eigenvalue weighted by Gasteiger charge is -2.02. The highest BCUT2D eigenvalue weighted by Gasteiger charge is 2.05. The number of hydrogen-bond donors (Lipinski definition) is 3. The number of benzene rings is 1. The molecule has 1 amide bonds. The second kappa shape index (κ2) is 5.27. The van der Waals surface area contributed by atoms with Crippen LogP contribution in [-0.2, 0) is 0 Å². The molecule has 0 fully saturated rings. The molecule has 17 heavy (non-hydrogen) atoms. The summed E-state index contributed by atoms with van der Waals surface area (Å²) >= 11 is 0. The Kier molecular flexibility index (Phi) is 3.52. The summed E-state index contributed by atoms with van der Waals surface area (Å²) in [6.07, 6.45) is 5.35. The van der Waals surface area contributed by atoms with E-state index in [4.69, 9.17) is 5.73 Å². The lowest BCUT2D eigenvalue weighted by molar-refractivity contribution is 0.0958. The molecule has 0 saturated heterocycles. The van der Waals surface area contributed by atoms with Gasteiger partial charge in [0.15, 0.2) is 0 Å². The van der Waals surface area contributed by atoms with Crippen LogP contribution in [0.3, 0.4) is 0 Å². The Morgan fingerprint density at radius 3 is 3.18 bits per heavy atom. The Morgan fingerprint density at radius 1 is 1.47 bits per heavy atom. The van der Waals surface area contributed by atoms with E-state index in [-0.39, 0.29) is 5.91 Å². The van der Waals surface area contributed by atoms with Crippen molar-refractivity contribution < 1.29 is 4.79 Å². The molecule has 1 aromatic carbocycles. The number of rotatable bonds is 4. The molecule has 1 aromatic heterocycles.